The number of aromatic nitrogens is 1. The largest absolute Gasteiger partial charge is 0.497 e. The van der Waals surface area contributed by atoms with Crippen LogP contribution in [0.5, 0.6) is 5.75 Å². The highest BCUT2D eigenvalue weighted by atomic mass is 32.1. The summed E-state index contributed by atoms with van der Waals surface area (Å²) < 4.78 is 5.85. The first-order valence-electron chi connectivity index (χ1n) is 6.86. The topological polar surface area (TPSA) is 115 Å². The molecule has 0 radical (unpaired) electrons. The molecular formula is C16H13N3O4S. The molecule has 1 heterocycles. The van der Waals surface area contributed by atoms with Crippen molar-refractivity contribution < 1.29 is 19.4 Å². The van der Waals surface area contributed by atoms with E-state index in [1.54, 1.807) is 18.2 Å². The van der Waals surface area contributed by atoms with Crippen molar-refractivity contribution >= 4 is 44.2 Å². The number of carboxylic acid groups (broad SMARTS) is 1. The minimum atomic E-state index is -1.14. The zero-order chi connectivity index (χ0) is 17.3. The van der Waals surface area contributed by atoms with E-state index in [2.05, 4.69) is 10.3 Å². The van der Waals surface area contributed by atoms with Gasteiger partial charge in [-0.05, 0) is 30.3 Å². The van der Waals surface area contributed by atoms with E-state index in [0.29, 0.717) is 22.0 Å². The van der Waals surface area contributed by atoms with Crippen LogP contribution in [0.1, 0.15) is 20.7 Å². The van der Waals surface area contributed by atoms with E-state index in [-0.39, 0.29) is 11.3 Å². The molecule has 4 N–H and O–H groups in total. The number of hydrogen-bond donors (Lipinski definition) is 3. The van der Waals surface area contributed by atoms with E-state index in [0.717, 1.165) is 4.70 Å². The minimum Gasteiger partial charge on any atom is -0.497 e. The fourth-order valence-electron chi connectivity index (χ4n) is 2.22. The monoisotopic (exact) mass is 343 g/mol. The molecule has 24 heavy (non-hydrogen) atoms. The lowest BCUT2D eigenvalue weighted by molar-refractivity contribution is 0.0698. The van der Waals surface area contributed by atoms with Crippen molar-refractivity contribution in [3.8, 4) is 5.75 Å². The zero-order valence-electron chi connectivity index (χ0n) is 12.6. The maximum absolute atomic E-state index is 12.4. The van der Waals surface area contributed by atoms with E-state index in [9.17, 15) is 14.7 Å². The lowest BCUT2D eigenvalue weighted by Crippen LogP contribution is -2.14. The molecule has 122 valence electrons. The number of nitrogens with zero attached hydrogens (tertiary/aromatic N) is 1. The second-order valence-electron chi connectivity index (χ2n) is 4.91. The number of carbonyl (C=O) groups excluding carboxylic acids is 1. The highest BCUT2D eigenvalue weighted by Crippen LogP contribution is 2.26. The van der Waals surface area contributed by atoms with Gasteiger partial charge in [-0.2, -0.15) is 0 Å². The number of nitrogen functional groups attached to an aromatic ring is 1. The summed E-state index contributed by atoms with van der Waals surface area (Å²) in [6.07, 6.45) is 0. The Morgan fingerprint density at radius 1 is 1.25 bits per heavy atom. The summed E-state index contributed by atoms with van der Waals surface area (Å²) in [4.78, 5) is 27.9. The molecule has 0 fully saturated rings. The lowest BCUT2D eigenvalue weighted by atomic mass is 10.1. The van der Waals surface area contributed by atoms with Gasteiger partial charge in [0.05, 0.1) is 28.6 Å². The van der Waals surface area contributed by atoms with Gasteiger partial charge in [0.25, 0.3) is 5.91 Å². The first-order chi connectivity index (χ1) is 11.5. The quantitative estimate of drug-likeness (QED) is 0.671. The number of amides is 1. The molecule has 1 aromatic heterocycles. The van der Waals surface area contributed by atoms with Crippen LogP contribution in [-0.4, -0.2) is 29.1 Å². The fourth-order valence-corrected chi connectivity index (χ4v) is 2.99. The summed E-state index contributed by atoms with van der Waals surface area (Å²) in [5, 5.41) is 12.3. The molecule has 0 aliphatic carbocycles. The molecule has 0 saturated heterocycles. The highest BCUT2D eigenvalue weighted by Gasteiger charge is 2.15. The standard InChI is InChI=1S/C16H13N3O4S/c1-23-9-3-4-10(15(21)22)12(7-9)18-14(20)8-2-5-11-13(6-8)24-16(17)19-11/h2-7H,1H3,(H2,17,19)(H,18,20)(H,21,22). The van der Waals surface area contributed by atoms with Crippen molar-refractivity contribution in [3.05, 3.63) is 47.5 Å². The Labute approximate surface area is 140 Å². The van der Waals surface area contributed by atoms with Crippen LogP contribution < -0.4 is 15.8 Å². The van der Waals surface area contributed by atoms with Gasteiger partial charge in [0.1, 0.15) is 5.75 Å². The van der Waals surface area contributed by atoms with Crippen molar-refractivity contribution in [1.82, 2.24) is 4.98 Å². The normalized spacial score (nSPS) is 10.5. The Balaban J connectivity index is 1.94. The SMILES string of the molecule is COc1ccc(C(=O)O)c(NC(=O)c2ccc3nc(N)sc3c2)c1. The number of benzene rings is 2. The number of methoxy groups -OCH3 is 1. The molecule has 8 heteroatoms. The van der Waals surface area contributed by atoms with Gasteiger partial charge in [-0.3, -0.25) is 4.79 Å². The van der Waals surface area contributed by atoms with Crippen LogP contribution in [0.15, 0.2) is 36.4 Å². The number of anilines is 2. The Bertz CT molecular complexity index is 952. The van der Waals surface area contributed by atoms with Crippen molar-refractivity contribution in [3.63, 3.8) is 0 Å². The van der Waals surface area contributed by atoms with Crippen LogP contribution in [0.3, 0.4) is 0 Å². The van der Waals surface area contributed by atoms with Crippen LogP contribution >= 0.6 is 11.3 Å². The van der Waals surface area contributed by atoms with Crippen LogP contribution in [0, 0.1) is 0 Å². The first kappa shape index (κ1) is 15.8. The average Bonchev–Trinajstić information content (AvgIpc) is 2.93. The molecule has 0 saturated carbocycles. The number of carboxylic acids is 1. The molecule has 0 spiro atoms. The summed E-state index contributed by atoms with van der Waals surface area (Å²) in [6, 6.07) is 9.33. The summed E-state index contributed by atoms with van der Waals surface area (Å²) in [6.45, 7) is 0. The van der Waals surface area contributed by atoms with Gasteiger partial charge in [-0.25, -0.2) is 9.78 Å². The molecule has 0 atom stereocenters. The number of ether oxygens (including phenoxy) is 1. The third-order valence-electron chi connectivity index (χ3n) is 3.37. The first-order valence-corrected chi connectivity index (χ1v) is 7.68. The van der Waals surface area contributed by atoms with Gasteiger partial charge in [0.2, 0.25) is 0 Å². The summed E-state index contributed by atoms with van der Waals surface area (Å²) >= 11 is 1.28. The van der Waals surface area contributed by atoms with Gasteiger partial charge in [-0.1, -0.05) is 11.3 Å². The average molecular weight is 343 g/mol. The van der Waals surface area contributed by atoms with E-state index >= 15 is 0 Å². The number of nitrogens with two attached hydrogens (primary N) is 1. The molecule has 3 rings (SSSR count). The Morgan fingerprint density at radius 3 is 2.75 bits per heavy atom. The van der Waals surface area contributed by atoms with Crippen molar-refractivity contribution in [2.75, 3.05) is 18.2 Å². The minimum absolute atomic E-state index is 0.0211. The number of carbonyl (C=O) groups is 2. The molecule has 2 aromatic carbocycles. The zero-order valence-corrected chi connectivity index (χ0v) is 13.4. The van der Waals surface area contributed by atoms with Gasteiger partial charge < -0.3 is 20.9 Å². The van der Waals surface area contributed by atoms with Crippen LogP contribution in [0.2, 0.25) is 0 Å². The third-order valence-corrected chi connectivity index (χ3v) is 4.22. The van der Waals surface area contributed by atoms with E-state index in [4.69, 9.17) is 10.5 Å². The molecule has 1 amide bonds. The molecule has 0 aliphatic heterocycles. The maximum Gasteiger partial charge on any atom is 0.337 e. The molecule has 0 aliphatic rings. The molecule has 0 unspecified atom stereocenters. The second kappa shape index (κ2) is 6.17. The predicted octanol–water partition coefficient (Wildman–Crippen LogP) is 2.84. The number of rotatable bonds is 4. The number of nitrogens with one attached hydrogen (secondary N) is 1. The van der Waals surface area contributed by atoms with Gasteiger partial charge in [0, 0.05) is 11.6 Å². The van der Waals surface area contributed by atoms with Crippen molar-refractivity contribution in [1.29, 1.82) is 0 Å². The van der Waals surface area contributed by atoms with Crippen LogP contribution in [-0.2, 0) is 0 Å². The number of fused-ring (bicyclic) bond motifs is 1. The third kappa shape index (κ3) is 2.99. The highest BCUT2D eigenvalue weighted by molar-refractivity contribution is 7.22. The van der Waals surface area contributed by atoms with Gasteiger partial charge in [0.15, 0.2) is 5.13 Å². The maximum atomic E-state index is 12.4. The van der Waals surface area contributed by atoms with Gasteiger partial charge >= 0.3 is 5.97 Å². The van der Waals surface area contributed by atoms with Gasteiger partial charge in [-0.15, -0.1) is 0 Å². The number of aromatic carboxylic acids is 1. The second-order valence-corrected chi connectivity index (χ2v) is 5.97. The number of thiazole rings is 1. The van der Waals surface area contributed by atoms with Crippen LogP contribution in [0.25, 0.3) is 10.2 Å². The van der Waals surface area contributed by atoms with Crippen LogP contribution in [0.4, 0.5) is 10.8 Å². The predicted molar refractivity (Wildman–Crippen MR) is 91.9 cm³/mol. The smallest absolute Gasteiger partial charge is 0.337 e. The van der Waals surface area contributed by atoms with Crippen molar-refractivity contribution in [2.24, 2.45) is 0 Å². The Hall–Kier alpha value is -3.13. The number of hydrogen-bond acceptors (Lipinski definition) is 6. The Kier molecular flexibility index (Phi) is 4.05. The van der Waals surface area contributed by atoms with E-state index < -0.39 is 11.9 Å². The molecular weight excluding hydrogens is 330 g/mol. The Morgan fingerprint density at radius 2 is 2.04 bits per heavy atom. The summed E-state index contributed by atoms with van der Waals surface area (Å²) in [5.74, 6) is -1.13. The van der Waals surface area contributed by atoms with E-state index in [1.807, 2.05) is 0 Å². The molecule has 7 nitrogen and oxygen atoms in total. The van der Waals surface area contributed by atoms with Crippen molar-refractivity contribution in [2.45, 2.75) is 0 Å². The lowest BCUT2D eigenvalue weighted by Gasteiger charge is -2.10. The molecule has 0 bridgehead atoms. The summed E-state index contributed by atoms with van der Waals surface area (Å²) in [7, 11) is 1.46. The fraction of sp³-hybridized carbons (Fsp3) is 0.0625. The summed E-state index contributed by atoms with van der Waals surface area (Å²) in [5.41, 5.74) is 6.88. The molecule has 3 aromatic rings. The van der Waals surface area contributed by atoms with E-state index in [1.165, 1.54) is 36.6 Å².